The predicted octanol–water partition coefficient (Wildman–Crippen LogP) is 2.58. The third-order valence-electron chi connectivity index (χ3n) is 2.57. The number of rotatable bonds is 3. The summed E-state index contributed by atoms with van der Waals surface area (Å²) in [4.78, 5) is 11.0. The van der Waals surface area contributed by atoms with E-state index in [0.717, 1.165) is 11.3 Å². The number of esters is 1. The Kier molecular flexibility index (Phi) is 3.00. The van der Waals surface area contributed by atoms with Gasteiger partial charge in [0, 0.05) is 6.08 Å². The minimum absolute atomic E-state index is 0.303. The molecule has 1 aromatic rings. The van der Waals surface area contributed by atoms with Crippen LogP contribution in [0.2, 0.25) is 0 Å². The van der Waals surface area contributed by atoms with Gasteiger partial charge in [0.05, 0.1) is 7.11 Å². The van der Waals surface area contributed by atoms with Crippen LogP contribution in [0, 0.1) is 0 Å². The second-order valence-corrected chi connectivity index (χ2v) is 4.05. The van der Waals surface area contributed by atoms with E-state index in [0.29, 0.717) is 0 Å². The first-order chi connectivity index (χ1) is 8.11. The lowest BCUT2D eigenvalue weighted by molar-refractivity contribution is -0.141. The molecule has 0 saturated heterocycles. The molecule has 17 heavy (non-hydrogen) atoms. The zero-order chi connectivity index (χ0) is 12.3. The standard InChI is InChI=1S/C14H14O3/c1-14(9-7-13(15)17-14)8-6-11-4-3-5-12(10-11)16-2/h3-10H,1-2H3/b8-6+. The number of methoxy groups -OCH3 is 1. The Labute approximate surface area is 100 Å². The average Bonchev–Trinajstić information content (AvgIpc) is 2.68. The Morgan fingerprint density at radius 2 is 2.24 bits per heavy atom. The van der Waals surface area contributed by atoms with Crippen LogP contribution in [0.5, 0.6) is 5.75 Å². The fourth-order valence-electron chi connectivity index (χ4n) is 1.61. The number of hydrogen-bond donors (Lipinski definition) is 0. The van der Waals surface area contributed by atoms with Crippen LogP contribution in [0.3, 0.4) is 0 Å². The van der Waals surface area contributed by atoms with E-state index >= 15 is 0 Å². The molecule has 1 heterocycles. The van der Waals surface area contributed by atoms with Crippen LogP contribution in [0.25, 0.3) is 6.08 Å². The maximum atomic E-state index is 11.0. The first-order valence-corrected chi connectivity index (χ1v) is 5.37. The Bertz CT molecular complexity index is 488. The molecule has 0 fully saturated rings. The van der Waals surface area contributed by atoms with Crippen molar-refractivity contribution in [3.63, 3.8) is 0 Å². The third-order valence-corrected chi connectivity index (χ3v) is 2.57. The summed E-state index contributed by atoms with van der Waals surface area (Å²) in [5.74, 6) is 0.499. The van der Waals surface area contributed by atoms with Gasteiger partial charge in [0.2, 0.25) is 0 Å². The van der Waals surface area contributed by atoms with E-state index in [9.17, 15) is 4.79 Å². The average molecular weight is 230 g/mol. The molecule has 3 heteroatoms. The van der Waals surface area contributed by atoms with Crippen LogP contribution in [0.15, 0.2) is 42.5 Å². The summed E-state index contributed by atoms with van der Waals surface area (Å²) < 4.78 is 10.3. The molecule has 3 nitrogen and oxygen atoms in total. The van der Waals surface area contributed by atoms with Gasteiger partial charge in [-0.1, -0.05) is 18.2 Å². The maximum absolute atomic E-state index is 11.0. The molecule has 1 atom stereocenters. The quantitative estimate of drug-likeness (QED) is 0.749. The number of hydrogen-bond acceptors (Lipinski definition) is 3. The van der Waals surface area contributed by atoms with Crippen molar-refractivity contribution in [2.24, 2.45) is 0 Å². The monoisotopic (exact) mass is 230 g/mol. The van der Waals surface area contributed by atoms with Crippen molar-refractivity contribution >= 4 is 12.0 Å². The molecule has 0 radical (unpaired) electrons. The van der Waals surface area contributed by atoms with E-state index in [4.69, 9.17) is 9.47 Å². The van der Waals surface area contributed by atoms with Crippen LogP contribution in [-0.2, 0) is 9.53 Å². The SMILES string of the molecule is COc1cccc(/C=C/C2(C)C=CC(=O)O2)c1. The van der Waals surface area contributed by atoms with Gasteiger partial charge in [-0.15, -0.1) is 0 Å². The summed E-state index contributed by atoms with van der Waals surface area (Å²) in [6.07, 6.45) is 6.94. The third kappa shape index (κ3) is 2.75. The summed E-state index contributed by atoms with van der Waals surface area (Å²) in [7, 11) is 1.63. The number of cyclic esters (lactones) is 1. The smallest absolute Gasteiger partial charge is 0.331 e. The highest BCUT2D eigenvalue weighted by Gasteiger charge is 2.26. The number of carbonyl (C=O) groups is 1. The highest BCUT2D eigenvalue weighted by atomic mass is 16.6. The second-order valence-electron chi connectivity index (χ2n) is 4.05. The molecule has 1 aliphatic rings. The Morgan fingerprint density at radius 3 is 2.88 bits per heavy atom. The Hall–Kier alpha value is -2.03. The molecule has 0 amide bonds. The van der Waals surface area contributed by atoms with Gasteiger partial charge >= 0.3 is 5.97 Å². The highest BCUT2D eigenvalue weighted by molar-refractivity contribution is 5.85. The Balaban J connectivity index is 2.15. The normalized spacial score (nSPS) is 23.1. The lowest BCUT2D eigenvalue weighted by atomic mass is 10.1. The van der Waals surface area contributed by atoms with Gasteiger partial charge in [0.1, 0.15) is 11.4 Å². The van der Waals surface area contributed by atoms with Crippen LogP contribution >= 0.6 is 0 Å². The molecular weight excluding hydrogens is 216 g/mol. The minimum Gasteiger partial charge on any atom is -0.497 e. The molecule has 1 unspecified atom stereocenters. The molecule has 0 aromatic heterocycles. The molecule has 1 aromatic carbocycles. The van der Waals surface area contributed by atoms with E-state index < -0.39 is 5.60 Å². The largest absolute Gasteiger partial charge is 0.497 e. The highest BCUT2D eigenvalue weighted by Crippen LogP contribution is 2.22. The van der Waals surface area contributed by atoms with Gasteiger partial charge < -0.3 is 9.47 Å². The van der Waals surface area contributed by atoms with E-state index in [1.807, 2.05) is 43.3 Å². The number of carbonyl (C=O) groups excluding carboxylic acids is 1. The summed E-state index contributed by atoms with van der Waals surface area (Å²) in [5.41, 5.74) is 0.363. The van der Waals surface area contributed by atoms with Gasteiger partial charge in [0.25, 0.3) is 0 Å². The molecule has 0 bridgehead atoms. The van der Waals surface area contributed by atoms with Crippen molar-refractivity contribution in [2.75, 3.05) is 7.11 Å². The first kappa shape index (κ1) is 11.5. The zero-order valence-corrected chi connectivity index (χ0v) is 9.84. The maximum Gasteiger partial charge on any atom is 0.331 e. The van der Waals surface area contributed by atoms with Gasteiger partial charge in [-0.3, -0.25) is 0 Å². The van der Waals surface area contributed by atoms with Crippen molar-refractivity contribution in [3.8, 4) is 5.75 Å². The van der Waals surface area contributed by atoms with Crippen LogP contribution in [0.1, 0.15) is 12.5 Å². The number of ether oxygens (including phenoxy) is 2. The fraction of sp³-hybridized carbons (Fsp3) is 0.214. The lowest BCUT2D eigenvalue weighted by Crippen LogP contribution is -2.20. The lowest BCUT2D eigenvalue weighted by Gasteiger charge is -2.16. The zero-order valence-electron chi connectivity index (χ0n) is 9.84. The van der Waals surface area contributed by atoms with Crippen molar-refractivity contribution in [2.45, 2.75) is 12.5 Å². The molecule has 0 spiro atoms. The summed E-state index contributed by atoms with van der Waals surface area (Å²) in [6, 6.07) is 7.68. The molecule has 0 aliphatic carbocycles. The first-order valence-electron chi connectivity index (χ1n) is 5.37. The summed E-state index contributed by atoms with van der Waals surface area (Å²) in [6.45, 7) is 1.84. The van der Waals surface area contributed by atoms with E-state index in [1.54, 1.807) is 13.2 Å². The summed E-state index contributed by atoms with van der Waals surface area (Å²) >= 11 is 0. The van der Waals surface area contributed by atoms with Crippen molar-refractivity contribution in [1.29, 1.82) is 0 Å². The van der Waals surface area contributed by atoms with Crippen molar-refractivity contribution in [1.82, 2.24) is 0 Å². The van der Waals surface area contributed by atoms with E-state index in [2.05, 4.69) is 0 Å². The van der Waals surface area contributed by atoms with Crippen LogP contribution < -0.4 is 4.74 Å². The molecule has 1 aliphatic heterocycles. The predicted molar refractivity (Wildman–Crippen MR) is 65.7 cm³/mol. The molecule has 0 N–H and O–H groups in total. The van der Waals surface area contributed by atoms with Gasteiger partial charge in [0.15, 0.2) is 0 Å². The van der Waals surface area contributed by atoms with Crippen molar-refractivity contribution < 1.29 is 14.3 Å². The topological polar surface area (TPSA) is 35.5 Å². The minimum atomic E-state index is -0.639. The van der Waals surface area contributed by atoms with Gasteiger partial charge in [-0.05, 0) is 36.8 Å². The van der Waals surface area contributed by atoms with Crippen molar-refractivity contribution in [3.05, 3.63) is 48.1 Å². The van der Waals surface area contributed by atoms with E-state index in [-0.39, 0.29) is 5.97 Å². The fourth-order valence-corrected chi connectivity index (χ4v) is 1.61. The van der Waals surface area contributed by atoms with Crippen LogP contribution in [-0.4, -0.2) is 18.7 Å². The Morgan fingerprint density at radius 1 is 1.41 bits per heavy atom. The molecule has 2 rings (SSSR count). The second kappa shape index (κ2) is 4.45. The molecule has 0 saturated carbocycles. The van der Waals surface area contributed by atoms with Gasteiger partial charge in [-0.25, -0.2) is 4.79 Å². The van der Waals surface area contributed by atoms with Crippen LogP contribution in [0.4, 0.5) is 0 Å². The molecular formula is C14H14O3. The molecule has 88 valence electrons. The summed E-state index contributed by atoms with van der Waals surface area (Å²) in [5, 5.41) is 0. The number of benzene rings is 1. The van der Waals surface area contributed by atoms with E-state index in [1.165, 1.54) is 6.08 Å². The van der Waals surface area contributed by atoms with Gasteiger partial charge in [-0.2, -0.15) is 0 Å².